The van der Waals surface area contributed by atoms with Crippen LogP contribution in [0.15, 0.2) is 123 Å². The van der Waals surface area contributed by atoms with E-state index in [1.54, 1.807) is 30.6 Å². The van der Waals surface area contributed by atoms with Crippen LogP contribution in [0.4, 0.5) is 14.6 Å². The number of aryl methyl sites for hydroxylation is 2. The van der Waals surface area contributed by atoms with Crippen molar-refractivity contribution in [2.24, 2.45) is 24.6 Å². The van der Waals surface area contributed by atoms with E-state index < -0.39 is 17.0 Å². The predicted octanol–water partition coefficient (Wildman–Crippen LogP) is 13.4. The fraction of sp³-hybridized carbons (Fsp3) is 0.435. The van der Waals surface area contributed by atoms with Crippen LogP contribution in [0.1, 0.15) is 123 Å². The second kappa shape index (κ2) is 23.6. The molecule has 3 unspecified atom stereocenters. The van der Waals surface area contributed by atoms with Crippen LogP contribution in [0.5, 0.6) is 0 Å². The zero-order valence-corrected chi connectivity index (χ0v) is 44.7. The standard InChI is InChI=1S/C62H79ClF2N8/c1-10-45-22-26-52(42(6)66)57(60(45)65)58-56-41(5)62(50-16-14-13-15-17-50,38-49(56)36-54(64)59(58)63)39-69-51-24-19-44(20-25-51)18-21-46(28-32-67-11-2)43(7)73-34-30-47(31-35-73)48-23-27-53-55(37-48)72(9)70-61(53)71(8)33-29-40(4)68-12-3/h11-17,22-23,26-27,36-37,41,44,46-47,51,67-69H,2-4,6-7,10,18-21,24-25,28-35,38-39,66H2,1,5,8-9H3. The Hall–Kier alpha value is -5.84. The van der Waals surface area contributed by atoms with Crippen molar-refractivity contribution >= 4 is 34.0 Å². The Morgan fingerprint density at radius 2 is 1.70 bits per heavy atom. The van der Waals surface area contributed by atoms with Gasteiger partial charge in [-0.05, 0) is 153 Å². The number of rotatable bonds is 23. The van der Waals surface area contributed by atoms with Crippen LogP contribution in [-0.2, 0) is 25.3 Å². The molecule has 1 saturated heterocycles. The van der Waals surface area contributed by atoms with Gasteiger partial charge in [-0.1, -0.05) is 107 Å². The average molecular weight is 1010 g/mol. The molecule has 388 valence electrons. The zero-order valence-electron chi connectivity index (χ0n) is 43.9. The van der Waals surface area contributed by atoms with Crippen LogP contribution in [0, 0.1) is 23.5 Å². The van der Waals surface area contributed by atoms with E-state index in [4.69, 9.17) is 29.0 Å². The minimum absolute atomic E-state index is 0.0758. The van der Waals surface area contributed by atoms with Gasteiger partial charge in [0.15, 0.2) is 5.82 Å². The third-order valence-electron chi connectivity index (χ3n) is 17.0. The van der Waals surface area contributed by atoms with Gasteiger partial charge < -0.3 is 31.5 Å². The van der Waals surface area contributed by atoms with E-state index in [-0.39, 0.29) is 22.2 Å². The number of benzene rings is 4. The third-order valence-corrected chi connectivity index (χ3v) is 17.4. The second-order valence-electron chi connectivity index (χ2n) is 21.3. The van der Waals surface area contributed by atoms with E-state index >= 15 is 8.78 Å². The summed E-state index contributed by atoms with van der Waals surface area (Å²) in [5, 5.41) is 16.5. The molecule has 0 amide bonds. The van der Waals surface area contributed by atoms with Gasteiger partial charge in [0.05, 0.1) is 10.5 Å². The molecule has 1 aliphatic heterocycles. The van der Waals surface area contributed by atoms with Crippen molar-refractivity contribution < 1.29 is 8.78 Å². The number of hydrogen-bond acceptors (Lipinski definition) is 7. The SMILES string of the molecule is C=CNCCC(CCC1CCC(NCC2(c3ccccc3)Cc3cc(F)c(Cl)c(-c4c(C(=C)N)ccc(CC)c4F)c3C2C)CC1)C(=C)N1CCC(c2ccc3c(N(C)CCC(=C)NC=C)nn(C)c3c2)CC1. The monoisotopic (exact) mass is 1010 g/mol. The van der Waals surface area contributed by atoms with Gasteiger partial charge in [0.25, 0.3) is 0 Å². The van der Waals surface area contributed by atoms with E-state index in [2.05, 4.69) is 109 Å². The largest absolute Gasteiger partial charge is 0.399 e. The fourth-order valence-corrected chi connectivity index (χ4v) is 12.9. The van der Waals surface area contributed by atoms with Crippen LogP contribution in [0.25, 0.3) is 27.7 Å². The normalized spacial score (nSPS) is 20.4. The van der Waals surface area contributed by atoms with E-state index in [1.165, 1.54) is 47.0 Å². The molecule has 3 aliphatic rings. The number of likely N-dealkylation sites (tertiary alicyclic amines) is 1. The summed E-state index contributed by atoms with van der Waals surface area (Å²) in [4.78, 5) is 4.78. The number of piperidine rings is 1. The summed E-state index contributed by atoms with van der Waals surface area (Å²) < 4.78 is 34.6. The Morgan fingerprint density at radius 1 is 0.959 bits per heavy atom. The van der Waals surface area contributed by atoms with Crippen LogP contribution in [0.3, 0.4) is 0 Å². The van der Waals surface area contributed by atoms with E-state index in [0.29, 0.717) is 59.9 Å². The summed E-state index contributed by atoms with van der Waals surface area (Å²) in [5.41, 5.74) is 15.4. The molecule has 1 saturated carbocycles. The van der Waals surface area contributed by atoms with Crippen molar-refractivity contribution in [1.82, 2.24) is 30.6 Å². The highest BCUT2D eigenvalue weighted by molar-refractivity contribution is 6.34. The minimum atomic E-state index is -0.551. The second-order valence-corrected chi connectivity index (χ2v) is 21.7. The molecule has 0 bridgehead atoms. The van der Waals surface area contributed by atoms with Gasteiger partial charge in [-0.25, -0.2) is 8.78 Å². The molecule has 2 aliphatic carbocycles. The number of fused-ring (bicyclic) bond motifs is 2. The predicted molar refractivity (Wildman–Crippen MR) is 303 cm³/mol. The van der Waals surface area contributed by atoms with Crippen LogP contribution in [-0.4, -0.2) is 60.5 Å². The van der Waals surface area contributed by atoms with Gasteiger partial charge in [0.1, 0.15) is 11.6 Å². The first kappa shape index (κ1) is 53.5. The van der Waals surface area contributed by atoms with Crippen LogP contribution in [0.2, 0.25) is 5.02 Å². The zero-order chi connectivity index (χ0) is 52.0. The molecule has 4 aromatic carbocycles. The maximum absolute atomic E-state index is 16.6. The third kappa shape index (κ3) is 11.3. The number of nitrogens with one attached hydrogen (secondary N) is 3. The number of nitrogens with zero attached hydrogens (tertiary/aromatic N) is 4. The molecule has 0 spiro atoms. The molecule has 5 aromatic rings. The highest BCUT2D eigenvalue weighted by Crippen LogP contribution is 2.55. The molecule has 1 aromatic heterocycles. The highest BCUT2D eigenvalue weighted by atomic mass is 35.5. The molecule has 0 radical (unpaired) electrons. The lowest BCUT2D eigenvalue weighted by atomic mass is 9.70. The number of hydrogen-bond donors (Lipinski definition) is 4. The van der Waals surface area contributed by atoms with Gasteiger partial charge in [-0.3, -0.25) is 4.68 Å². The van der Waals surface area contributed by atoms with Crippen molar-refractivity contribution in [2.75, 3.05) is 44.7 Å². The number of halogens is 3. The summed E-state index contributed by atoms with van der Waals surface area (Å²) in [6, 6.07) is 23.0. The van der Waals surface area contributed by atoms with E-state index in [0.717, 1.165) is 93.8 Å². The molecular formula is C62H79ClF2N8. The van der Waals surface area contributed by atoms with Gasteiger partial charge in [-0.15, -0.1) is 0 Å². The molecule has 8 nitrogen and oxygen atoms in total. The molecule has 5 N–H and O–H groups in total. The first-order valence-electron chi connectivity index (χ1n) is 26.8. The maximum Gasteiger partial charge on any atom is 0.158 e. The smallest absolute Gasteiger partial charge is 0.158 e. The van der Waals surface area contributed by atoms with Crippen molar-refractivity contribution in [3.8, 4) is 11.1 Å². The summed E-state index contributed by atoms with van der Waals surface area (Å²) in [7, 11) is 4.14. The van der Waals surface area contributed by atoms with Crippen molar-refractivity contribution in [2.45, 2.75) is 114 Å². The molecular weight excluding hydrogens is 930 g/mol. The number of allylic oxidation sites excluding steroid dienone is 1. The molecule has 11 heteroatoms. The van der Waals surface area contributed by atoms with E-state index in [9.17, 15) is 0 Å². The molecule has 3 atom stereocenters. The summed E-state index contributed by atoms with van der Waals surface area (Å²) in [5.74, 6) is 1.47. The van der Waals surface area contributed by atoms with Crippen molar-refractivity contribution in [3.63, 3.8) is 0 Å². The summed E-state index contributed by atoms with van der Waals surface area (Å²) >= 11 is 6.93. The topological polar surface area (TPSA) is 86.4 Å². The van der Waals surface area contributed by atoms with Gasteiger partial charge in [-0.2, -0.15) is 5.10 Å². The van der Waals surface area contributed by atoms with Crippen molar-refractivity contribution in [1.29, 1.82) is 0 Å². The maximum atomic E-state index is 16.6. The Labute approximate surface area is 439 Å². The Balaban J connectivity index is 0.891. The summed E-state index contributed by atoms with van der Waals surface area (Å²) in [6.07, 6.45) is 15.4. The minimum Gasteiger partial charge on any atom is -0.399 e. The van der Waals surface area contributed by atoms with Gasteiger partial charge in [0.2, 0.25) is 0 Å². The number of nitrogens with two attached hydrogens (primary N) is 1. The fourth-order valence-electron chi connectivity index (χ4n) is 12.6. The highest BCUT2D eigenvalue weighted by Gasteiger charge is 2.48. The quantitative estimate of drug-likeness (QED) is 0.0485. The molecule has 2 heterocycles. The first-order chi connectivity index (χ1) is 35.2. The lowest BCUT2D eigenvalue weighted by Crippen LogP contribution is -2.45. The van der Waals surface area contributed by atoms with Crippen LogP contribution >= 0.6 is 11.6 Å². The lowest BCUT2D eigenvalue weighted by molar-refractivity contribution is 0.216. The number of aromatic nitrogens is 2. The molecule has 8 rings (SSSR count). The molecule has 2 fully saturated rings. The Morgan fingerprint density at radius 3 is 2.38 bits per heavy atom. The Bertz CT molecular complexity index is 2800. The molecule has 73 heavy (non-hydrogen) atoms. The van der Waals surface area contributed by atoms with Gasteiger partial charge >= 0.3 is 0 Å². The van der Waals surface area contributed by atoms with Crippen LogP contribution < -0.4 is 26.6 Å². The van der Waals surface area contributed by atoms with Gasteiger partial charge in [0, 0.05) is 104 Å². The average Bonchev–Trinajstić information content (AvgIpc) is 3.88. The lowest BCUT2D eigenvalue weighted by Gasteiger charge is -2.39. The summed E-state index contributed by atoms with van der Waals surface area (Å²) in [6.45, 7) is 29.1. The Kier molecular flexibility index (Phi) is 17.3. The first-order valence-corrected chi connectivity index (χ1v) is 27.1. The van der Waals surface area contributed by atoms with Crippen molar-refractivity contribution in [3.05, 3.63) is 173 Å². The van der Waals surface area contributed by atoms with E-state index in [1.807, 2.05) is 24.7 Å². The number of anilines is 1.